The monoisotopic (exact) mass is 329 g/mol. The molecule has 2 rings (SSSR count). The first-order chi connectivity index (χ1) is 9.81. The molecule has 1 aliphatic carbocycles. The molecule has 3 unspecified atom stereocenters. The normalized spacial score (nSPS) is 21.7. The van der Waals surface area contributed by atoms with Crippen molar-refractivity contribution >= 4 is 35.1 Å². The third-order valence-corrected chi connectivity index (χ3v) is 4.56. The molecular weight excluding hydrogens is 313 g/mol. The topological polar surface area (TPSA) is 57.6 Å². The lowest BCUT2D eigenvalue weighted by atomic mass is 10.1. The van der Waals surface area contributed by atoms with E-state index in [-0.39, 0.29) is 24.3 Å². The number of benzene rings is 1. The molecule has 0 spiro atoms. The Kier molecular flexibility index (Phi) is 4.79. The van der Waals surface area contributed by atoms with Crippen LogP contribution in [0, 0.1) is 11.8 Å². The maximum atomic E-state index is 12.3. The minimum atomic E-state index is -0.897. The van der Waals surface area contributed by atoms with E-state index in [1.165, 1.54) is 4.90 Å². The van der Waals surface area contributed by atoms with Gasteiger partial charge in [-0.05, 0) is 30.0 Å². The highest BCUT2D eigenvalue weighted by Crippen LogP contribution is 2.49. The van der Waals surface area contributed by atoms with Crippen molar-refractivity contribution in [2.45, 2.75) is 19.3 Å². The van der Waals surface area contributed by atoms with E-state index in [0.717, 1.165) is 12.0 Å². The van der Waals surface area contributed by atoms with Crippen molar-refractivity contribution in [3.8, 4) is 0 Å². The van der Waals surface area contributed by atoms with Gasteiger partial charge in [-0.1, -0.05) is 36.2 Å². The molecule has 0 saturated heterocycles. The number of nitrogens with zero attached hydrogens (tertiary/aromatic N) is 1. The van der Waals surface area contributed by atoms with Crippen molar-refractivity contribution in [2.75, 3.05) is 13.6 Å². The summed E-state index contributed by atoms with van der Waals surface area (Å²) >= 11 is 11.9. The highest BCUT2D eigenvalue weighted by molar-refractivity contribution is 6.42. The number of carbonyl (C=O) groups excluding carboxylic acids is 1. The minimum Gasteiger partial charge on any atom is -0.481 e. The molecule has 1 aliphatic rings. The molecule has 0 radical (unpaired) electrons. The number of hydrogen-bond donors (Lipinski definition) is 1. The van der Waals surface area contributed by atoms with E-state index in [0.29, 0.717) is 10.0 Å². The van der Waals surface area contributed by atoms with Crippen LogP contribution in [0.25, 0.3) is 0 Å². The summed E-state index contributed by atoms with van der Waals surface area (Å²) in [6.45, 7) is 1.81. The Labute approximate surface area is 133 Å². The van der Waals surface area contributed by atoms with Gasteiger partial charge in [0, 0.05) is 19.5 Å². The molecule has 0 bridgehead atoms. The Bertz CT molecular complexity index is 576. The third kappa shape index (κ3) is 3.69. The zero-order valence-corrected chi connectivity index (χ0v) is 13.4. The van der Waals surface area contributed by atoms with Crippen LogP contribution >= 0.6 is 23.2 Å². The van der Waals surface area contributed by atoms with E-state index in [4.69, 9.17) is 28.3 Å². The molecule has 21 heavy (non-hydrogen) atoms. The Morgan fingerprint density at radius 1 is 1.38 bits per heavy atom. The zero-order valence-electron chi connectivity index (χ0n) is 11.8. The fourth-order valence-electron chi connectivity index (χ4n) is 2.44. The molecule has 3 atom stereocenters. The summed E-state index contributed by atoms with van der Waals surface area (Å²) in [7, 11) is 1.64. The first-order valence-electron chi connectivity index (χ1n) is 6.74. The average Bonchev–Trinajstić information content (AvgIpc) is 3.21. The molecular formula is C15H17Cl2NO3. The first-order valence-corrected chi connectivity index (χ1v) is 7.49. The van der Waals surface area contributed by atoms with Crippen LogP contribution in [0.15, 0.2) is 18.2 Å². The fourth-order valence-corrected chi connectivity index (χ4v) is 2.75. The maximum absolute atomic E-state index is 12.3. The molecule has 4 nitrogen and oxygen atoms in total. The van der Waals surface area contributed by atoms with Crippen LogP contribution in [0.1, 0.15) is 24.8 Å². The molecule has 114 valence electrons. The van der Waals surface area contributed by atoms with Crippen LogP contribution in [0.3, 0.4) is 0 Å². The van der Waals surface area contributed by atoms with E-state index in [1.54, 1.807) is 26.1 Å². The van der Waals surface area contributed by atoms with E-state index < -0.39 is 11.9 Å². The van der Waals surface area contributed by atoms with Gasteiger partial charge < -0.3 is 10.0 Å². The number of carbonyl (C=O) groups is 2. The average molecular weight is 330 g/mol. The Balaban J connectivity index is 1.97. The van der Waals surface area contributed by atoms with Gasteiger partial charge in [0.05, 0.1) is 16.0 Å². The number of aliphatic carboxylic acids is 1. The molecule has 6 heteroatoms. The number of amides is 1. The zero-order chi connectivity index (χ0) is 15.7. The summed E-state index contributed by atoms with van der Waals surface area (Å²) < 4.78 is 0. The minimum absolute atomic E-state index is 0.0147. The van der Waals surface area contributed by atoms with Crippen LogP contribution < -0.4 is 0 Å². The number of rotatable bonds is 5. The molecule has 0 aromatic heterocycles. The molecule has 1 aromatic carbocycles. The molecule has 0 aliphatic heterocycles. The standard InChI is InChI=1S/C15H17Cl2NO3/c1-8(15(20)21)7-18(2)14(19)11-6-10(11)9-3-4-12(16)13(17)5-9/h3-5,8,10-11H,6-7H2,1-2H3,(H,20,21). The number of carboxylic acids is 1. The van der Waals surface area contributed by atoms with Gasteiger partial charge in [-0.25, -0.2) is 0 Å². The molecule has 1 aromatic rings. The smallest absolute Gasteiger partial charge is 0.308 e. The van der Waals surface area contributed by atoms with Crippen LogP contribution in [0.4, 0.5) is 0 Å². The second kappa shape index (κ2) is 6.24. The molecule has 1 N–H and O–H groups in total. The summed E-state index contributed by atoms with van der Waals surface area (Å²) in [5, 5.41) is 9.87. The third-order valence-electron chi connectivity index (χ3n) is 3.82. The predicted molar refractivity (Wildman–Crippen MR) is 81.7 cm³/mol. The summed E-state index contributed by atoms with van der Waals surface area (Å²) in [6, 6.07) is 5.41. The van der Waals surface area contributed by atoms with Crippen molar-refractivity contribution in [3.63, 3.8) is 0 Å². The maximum Gasteiger partial charge on any atom is 0.308 e. The lowest BCUT2D eigenvalue weighted by Gasteiger charge is -2.19. The van der Waals surface area contributed by atoms with Gasteiger partial charge in [0.1, 0.15) is 0 Å². The van der Waals surface area contributed by atoms with E-state index in [9.17, 15) is 9.59 Å². The van der Waals surface area contributed by atoms with Gasteiger partial charge in [-0.15, -0.1) is 0 Å². The first kappa shape index (κ1) is 16.1. The van der Waals surface area contributed by atoms with Gasteiger partial charge >= 0.3 is 5.97 Å². The van der Waals surface area contributed by atoms with Gasteiger partial charge in [-0.3, -0.25) is 9.59 Å². The quantitative estimate of drug-likeness (QED) is 0.901. The van der Waals surface area contributed by atoms with Gasteiger partial charge in [0.2, 0.25) is 5.91 Å². The van der Waals surface area contributed by atoms with Gasteiger partial charge in [-0.2, -0.15) is 0 Å². The van der Waals surface area contributed by atoms with Crippen molar-refractivity contribution in [1.29, 1.82) is 0 Å². The Morgan fingerprint density at radius 3 is 2.62 bits per heavy atom. The van der Waals surface area contributed by atoms with Crippen molar-refractivity contribution in [2.24, 2.45) is 11.8 Å². The van der Waals surface area contributed by atoms with Crippen molar-refractivity contribution in [3.05, 3.63) is 33.8 Å². The number of halogens is 2. The van der Waals surface area contributed by atoms with Gasteiger partial charge in [0.25, 0.3) is 0 Å². The van der Waals surface area contributed by atoms with E-state index in [1.807, 2.05) is 6.07 Å². The molecule has 1 fully saturated rings. The number of carboxylic acid groups (broad SMARTS) is 1. The summed E-state index contributed by atoms with van der Waals surface area (Å²) in [5.74, 6) is -1.42. The summed E-state index contributed by atoms with van der Waals surface area (Å²) in [5.41, 5.74) is 1.00. The highest BCUT2D eigenvalue weighted by atomic mass is 35.5. The summed E-state index contributed by atoms with van der Waals surface area (Å²) in [4.78, 5) is 24.6. The fraction of sp³-hybridized carbons (Fsp3) is 0.467. The Hall–Kier alpha value is -1.26. The van der Waals surface area contributed by atoms with Crippen molar-refractivity contribution in [1.82, 2.24) is 4.90 Å². The lowest BCUT2D eigenvalue weighted by Crippen LogP contribution is -2.34. The summed E-state index contributed by atoms with van der Waals surface area (Å²) in [6.07, 6.45) is 0.766. The predicted octanol–water partition coefficient (Wildman–Crippen LogP) is 3.28. The molecule has 0 heterocycles. The van der Waals surface area contributed by atoms with Crippen LogP contribution in [-0.2, 0) is 9.59 Å². The second-order valence-corrected chi connectivity index (χ2v) is 6.39. The largest absolute Gasteiger partial charge is 0.481 e. The van der Waals surface area contributed by atoms with E-state index in [2.05, 4.69) is 0 Å². The van der Waals surface area contributed by atoms with Gasteiger partial charge in [0.15, 0.2) is 0 Å². The van der Waals surface area contributed by atoms with Crippen LogP contribution in [-0.4, -0.2) is 35.5 Å². The van der Waals surface area contributed by atoms with Crippen LogP contribution in [0.2, 0.25) is 10.0 Å². The van der Waals surface area contributed by atoms with Crippen LogP contribution in [0.5, 0.6) is 0 Å². The van der Waals surface area contributed by atoms with Crippen molar-refractivity contribution < 1.29 is 14.7 Å². The highest BCUT2D eigenvalue weighted by Gasteiger charge is 2.45. The molecule has 1 amide bonds. The lowest BCUT2D eigenvalue weighted by molar-refractivity contribution is -0.142. The number of hydrogen-bond acceptors (Lipinski definition) is 2. The van der Waals surface area contributed by atoms with E-state index >= 15 is 0 Å². The Morgan fingerprint density at radius 2 is 2.05 bits per heavy atom. The molecule has 1 saturated carbocycles. The second-order valence-electron chi connectivity index (χ2n) is 5.58. The SMILES string of the molecule is CC(CN(C)C(=O)C1CC1c1ccc(Cl)c(Cl)c1)C(=O)O.